The lowest BCUT2D eigenvalue weighted by Gasteiger charge is -2.41. The van der Waals surface area contributed by atoms with Gasteiger partial charge in [-0.3, -0.25) is 14.4 Å². The first-order valence-corrected chi connectivity index (χ1v) is 12.1. The van der Waals surface area contributed by atoms with E-state index in [1.807, 2.05) is 0 Å². The Morgan fingerprint density at radius 1 is 0.914 bits per heavy atom. The maximum atomic E-state index is 13.5. The van der Waals surface area contributed by atoms with E-state index in [4.69, 9.17) is 18.9 Å². The zero-order valence-corrected chi connectivity index (χ0v) is 22.4. The van der Waals surface area contributed by atoms with Crippen LogP contribution in [0.5, 0.6) is 0 Å². The summed E-state index contributed by atoms with van der Waals surface area (Å²) >= 11 is 0. The summed E-state index contributed by atoms with van der Waals surface area (Å²) < 4.78 is 21.8. The number of cyclic esters (lactones) is 2. The van der Waals surface area contributed by atoms with Gasteiger partial charge in [0.05, 0.1) is 6.04 Å². The molecule has 196 valence electrons. The Bertz CT molecular complexity index is 902. The molecule has 0 aromatic carbocycles. The molecule has 1 saturated heterocycles. The van der Waals surface area contributed by atoms with E-state index in [1.54, 1.807) is 41.5 Å². The molecule has 2 rings (SSSR count). The fraction of sp³-hybridized carbons (Fsp3) is 0.769. The number of esters is 4. The van der Waals surface area contributed by atoms with Crippen molar-refractivity contribution in [3.8, 4) is 0 Å². The van der Waals surface area contributed by atoms with E-state index >= 15 is 0 Å². The van der Waals surface area contributed by atoms with Gasteiger partial charge in [0.25, 0.3) is 5.79 Å². The fourth-order valence-corrected chi connectivity index (χ4v) is 3.93. The van der Waals surface area contributed by atoms with Crippen LogP contribution in [0.15, 0.2) is 10.6 Å². The molecule has 1 heterocycles. The van der Waals surface area contributed by atoms with Gasteiger partial charge in [-0.25, -0.2) is 9.79 Å². The van der Waals surface area contributed by atoms with E-state index in [0.717, 1.165) is 32.1 Å². The van der Waals surface area contributed by atoms with Crippen molar-refractivity contribution in [1.29, 1.82) is 0 Å². The SMILES string of the molecule is CC(C)(C)OC(=O)C(=C=NC1CCCCC1)C(C(=O)OC(C)(C)C)C1(C)C(=O)OC(C)(C)OC1=O. The molecule has 1 aliphatic heterocycles. The Morgan fingerprint density at radius 3 is 1.86 bits per heavy atom. The average molecular weight is 494 g/mol. The molecule has 2 aliphatic rings. The Hall–Kier alpha value is -2.67. The minimum atomic E-state index is -2.22. The van der Waals surface area contributed by atoms with Crippen molar-refractivity contribution in [2.24, 2.45) is 16.3 Å². The van der Waals surface area contributed by atoms with E-state index < -0.39 is 52.2 Å². The van der Waals surface area contributed by atoms with Crippen molar-refractivity contribution in [3.05, 3.63) is 5.57 Å². The van der Waals surface area contributed by atoms with Gasteiger partial charge in [0.15, 0.2) is 5.41 Å². The lowest BCUT2D eigenvalue weighted by atomic mass is 9.72. The molecular weight excluding hydrogens is 454 g/mol. The topological polar surface area (TPSA) is 118 Å². The van der Waals surface area contributed by atoms with Crippen LogP contribution in [0.3, 0.4) is 0 Å². The number of hydrogen-bond donors (Lipinski definition) is 0. The van der Waals surface area contributed by atoms with Gasteiger partial charge >= 0.3 is 23.9 Å². The second kappa shape index (κ2) is 10.1. The highest BCUT2D eigenvalue weighted by Crippen LogP contribution is 2.42. The normalized spacial score (nSPS) is 21.1. The number of carbonyl (C=O) groups excluding carboxylic acids is 4. The van der Waals surface area contributed by atoms with Gasteiger partial charge in [-0.15, -0.1) is 0 Å². The summed E-state index contributed by atoms with van der Waals surface area (Å²) in [5.41, 5.74) is -4.51. The molecular formula is C26H39NO8. The van der Waals surface area contributed by atoms with Crippen LogP contribution in [-0.2, 0) is 38.1 Å². The van der Waals surface area contributed by atoms with Crippen molar-refractivity contribution in [3.63, 3.8) is 0 Å². The monoisotopic (exact) mass is 493 g/mol. The predicted molar refractivity (Wildman–Crippen MR) is 127 cm³/mol. The van der Waals surface area contributed by atoms with Crippen LogP contribution in [0.4, 0.5) is 0 Å². The zero-order valence-electron chi connectivity index (χ0n) is 22.4. The summed E-state index contributed by atoms with van der Waals surface area (Å²) in [5, 5.41) is 0. The van der Waals surface area contributed by atoms with E-state index in [-0.39, 0.29) is 11.6 Å². The predicted octanol–water partition coefficient (Wildman–Crippen LogP) is 4.06. The maximum absolute atomic E-state index is 13.5. The first-order chi connectivity index (χ1) is 15.9. The number of rotatable bonds is 5. The van der Waals surface area contributed by atoms with Crippen molar-refractivity contribution < 1.29 is 38.1 Å². The summed E-state index contributed by atoms with van der Waals surface area (Å²) in [6.45, 7) is 13.9. The Balaban J connectivity index is 2.72. The standard InChI is InChI=1S/C26H39NO8/c1-23(2,3)32-19(28)17(15-27-16-13-11-10-12-14-16)18(20(29)33-24(4,5)6)26(9)21(30)34-25(7,8)35-22(26)31/h16,18H,10-14H2,1-9H3. The third-order valence-corrected chi connectivity index (χ3v) is 5.59. The molecule has 0 spiro atoms. The van der Waals surface area contributed by atoms with Crippen LogP contribution in [0.1, 0.15) is 94.4 Å². The minimum absolute atomic E-state index is 0.0996. The second-order valence-electron chi connectivity index (χ2n) is 11.8. The first-order valence-electron chi connectivity index (χ1n) is 12.1. The molecule has 9 nitrogen and oxygen atoms in total. The molecule has 9 heteroatoms. The molecule has 2 fully saturated rings. The number of carbonyl (C=O) groups is 4. The number of aliphatic imine (C=N–C) groups is 1. The molecule has 0 radical (unpaired) electrons. The van der Waals surface area contributed by atoms with Crippen LogP contribution in [0, 0.1) is 11.3 Å². The van der Waals surface area contributed by atoms with Crippen LogP contribution >= 0.6 is 0 Å². The summed E-state index contributed by atoms with van der Waals surface area (Å²) in [6, 6.07) is -0.0996. The van der Waals surface area contributed by atoms with E-state index in [9.17, 15) is 19.2 Å². The Kier molecular flexibility index (Phi) is 8.27. The molecule has 0 N–H and O–H groups in total. The smallest absolute Gasteiger partial charge is 0.344 e. The van der Waals surface area contributed by atoms with Crippen molar-refractivity contribution in [1.82, 2.24) is 0 Å². The Labute approximate surface area is 207 Å². The van der Waals surface area contributed by atoms with Crippen LogP contribution < -0.4 is 0 Å². The molecule has 0 amide bonds. The van der Waals surface area contributed by atoms with E-state index in [1.165, 1.54) is 20.8 Å². The van der Waals surface area contributed by atoms with E-state index in [2.05, 4.69) is 10.9 Å². The third-order valence-electron chi connectivity index (χ3n) is 5.59. The van der Waals surface area contributed by atoms with Gasteiger partial charge in [-0.05, 0) is 67.2 Å². The van der Waals surface area contributed by atoms with Crippen molar-refractivity contribution in [2.75, 3.05) is 0 Å². The first kappa shape index (κ1) is 28.6. The minimum Gasteiger partial charge on any atom is -0.459 e. The zero-order chi connectivity index (χ0) is 26.8. The van der Waals surface area contributed by atoms with Gasteiger partial charge in [0.2, 0.25) is 0 Å². The third kappa shape index (κ3) is 7.40. The van der Waals surface area contributed by atoms with E-state index in [0.29, 0.717) is 0 Å². The average Bonchev–Trinajstić information content (AvgIpc) is 2.66. The molecule has 1 atom stereocenters. The molecule has 1 saturated carbocycles. The lowest BCUT2D eigenvalue weighted by Crippen LogP contribution is -2.58. The fourth-order valence-electron chi connectivity index (χ4n) is 3.93. The highest BCUT2D eigenvalue weighted by Gasteiger charge is 2.63. The highest BCUT2D eigenvalue weighted by atomic mass is 16.7. The van der Waals surface area contributed by atoms with Crippen LogP contribution in [0.2, 0.25) is 0 Å². The summed E-state index contributed by atoms with van der Waals surface area (Å²) in [4.78, 5) is 57.8. The summed E-state index contributed by atoms with van der Waals surface area (Å²) in [7, 11) is 0. The largest absolute Gasteiger partial charge is 0.459 e. The Morgan fingerprint density at radius 2 is 1.40 bits per heavy atom. The maximum Gasteiger partial charge on any atom is 0.344 e. The van der Waals surface area contributed by atoms with Crippen LogP contribution in [-0.4, -0.2) is 52.8 Å². The number of ether oxygens (including phenoxy) is 4. The van der Waals surface area contributed by atoms with Crippen LogP contribution in [0.25, 0.3) is 0 Å². The summed E-state index contributed by atoms with van der Waals surface area (Å²) in [5.74, 6) is -4.52. The molecule has 0 aromatic heterocycles. The second-order valence-corrected chi connectivity index (χ2v) is 11.8. The molecule has 0 bridgehead atoms. The highest BCUT2D eigenvalue weighted by molar-refractivity contribution is 6.11. The van der Waals surface area contributed by atoms with Gasteiger partial charge in [-0.1, -0.05) is 19.3 Å². The molecule has 35 heavy (non-hydrogen) atoms. The number of hydrogen-bond acceptors (Lipinski definition) is 9. The van der Waals surface area contributed by atoms with Gasteiger partial charge in [-0.2, -0.15) is 0 Å². The van der Waals surface area contributed by atoms with Gasteiger partial charge < -0.3 is 18.9 Å². The molecule has 1 aliphatic carbocycles. The molecule has 1 unspecified atom stereocenters. The summed E-state index contributed by atoms with van der Waals surface area (Å²) in [6.07, 6.45) is 4.68. The number of nitrogens with zero attached hydrogens (tertiary/aromatic N) is 1. The molecule has 0 aromatic rings. The lowest BCUT2D eigenvalue weighted by molar-refractivity contribution is -0.254. The quantitative estimate of drug-likeness (QED) is 0.185. The van der Waals surface area contributed by atoms with Crippen molar-refractivity contribution >= 4 is 29.7 Å². The van der Waals surface area contributed by atoms with Gasteiger partial charge in [0.1, 0.15) is 22.7 Å². The van der Waals surface area contributed by atoms with Gasteiger partial charge in [0, 0.05) is 13.8 Å². The van der Waals surface area contributed by atoms with Crippen molar-refractivity contribution in [2.45, 2.75) is 117 Å².